The van der Waals surface area contributed by atoms with Crippen LogP contribution >= 0.6 is 23.2 Å². The molecule has 0 aliphatic heterocycles. The van der Waals surface area contributed by atoms with E-state index in [0.29, 0.717) is 21.4 Å². The number of anilines is 1. The maximum Gasteiger partial charge on any atom is 0.264 e. The van der Waals surface area contributed by atoms with Crippen molar-refractivity contribution in [3.8, 4) is 0 Å². The van der Waals surface area contributed by atoms with Gasteiger partial charge in [-0.1, -0.05) is 29.3 Å². The summed E-state index contributed by atoms with van der Waals surface area (Å²) in [5.74, 6) is -1.23. The fourth-order valence-electron chi connectivity index (χ4n) is 2.65. The minimum absolute atomic E-state index is 0.112. The lowest BCUT2D eigenvalue weighted by atomic mass is 10.1. The van der Waals surface area contributed by atoms with Crippen molar-refractivity contribution in [1.29, 1.82) is 0 Å². The summed E-state index contributed by atoms with van der Waals surface area (Å²) in [6, 6.07) is 15.1. The average Bonchev–Trinajstić information content (AvgIpc) is 2.73. The van der Waals surface area contributed by atoms with Crippen molar-refractivity contribution in [2.75, 3.05) is 5.32 Å². The zero-order valence-electron chi connectivity index (χ0n) is 16.2. The van der Waals surface area contributed by atoms with Crippen LogP contribution in [-0.4, -0.2) is 25.2 Å². The van der Waals surface area contributed by atoms with Gasteiger partial charge < -0.3 is 5.32 Å². The van der Waals surface area contributed by atoms with Gasteiger partial charge in [-0.15, -0.1) is 0 Å². The summed E-state index contributed by atoms with van der Waals surface area (Å²) in [5.41, 5.74) is 1.11. The Morgan fingerprint density at radius 1 is 0.903 bits per heavy atom. The van der Waals surface area contributed by atoms with Gasteiger partial charge in [-0.3, -0.25) is 14.6 Å². The van der Waals surface area contributed by atoms with Gasteiger partial charge in [-0.25, -0.2) is 13.1 Å². The van der Waals surface area contributed by atoms with Gasteiger partial charge in [0.1, 0.15) is 5.25 Å². The minimum Gasteiger partial charge on any atom is -0.322 e. The lowest BCUT2D eigenvalue weighted by Crippen LogP contribution is -2.33. The third kappa shape index (κ3) is 5.81. The van der Waals surface area contributed by atoms with Gasteiger partial charge in [0.25, 0.3) is 11.8 Å². The molecule has 0 saturated carbocycles. The van der Waals surface area contributed by atoms with Crippen LogP contribution in [0.5, 0.6) is 0 Å². The number of carbonyl (C=O) groups is 2. The first-order valence-corrected chi connectivity index (χ1v) is 11.3. The molecule has 31 heavy (non-hydrogen) atoms. The Labute approximate surface area is 189 Å². The van der Waals surface area contributed by atoms with Crippen molar-refractivity contribution in [3.63, 3.8) is 0 Å². The molecule has 0 bridgehead atoms. The maximum absolute atomic E-state index is 12.5. The molecule has 2 amide bonds. The number of pyridine rings is 1. The highest BCUT2D eigenvalue weighted by atomic mass is 35.5. The van der Waals surface area contributed by atoms with Crippen LogP contribution in [0.3, 0.4) is 0 Å². The Balaban J connectivity index is 1.68. The van der Waals surface area contributed by atoms with Gasteiger partial charge in [0.05, 0.1) is 5.69 Å². The van der Waals surface area contributed by atoms with E-state index >= 15 is 0 Å². The molecule has 3 aromatic rings. The summed E-state index contributed by atoms with van der Waals surface area (Å²) in [7, 11) is -3.99. The van der Waals surface area contributed by atoms with E-state index in [0.717, 1.165) is 0 Å². The van der Waals surface area contributed by atoms with E-state index in [-0.39, 0.29) is 11.1 Å². The molecular formula is C21H17Cl2N3O4S. The molecule has 2 aromatic carbocycles. The van der Waals surface area contributed by atoms with Gasteiger partial charge in [-0.05, 0) is 61.5 Å². The van der Waals surface area contributed by atoms with Gasteiger partial charge in [0.2, 0.25) is 10.0 Å². The number of benzene rings is 2. The lowest BCUT2D eigenvalue weighted by molar-refractivity contribution is 0.0980. The number of amides is 2. The molecule has 0 aliphatic carbocycles. The predicted molar refractivity (Wildman–Crippen MR) is 120 cm³/mol. The molecule has 0 aliphatic rings. The quantitative estimate of drug-likeness (QED) is 0.544. The summed E-state index contributed by atoms with van der Waals surface area (Å²) >= 11 is 11.8. The molecule has 1 atom stereocenters. The van der Waals surface area contributed by atoms with Crippen molar-refractivity contribution in [2.24, 2.45) is 0 Å². The normalized spacial score (nSPS) is 12.1. The third-order valence-electron chi connectivity index (χ3n) is 4.33. The predicted octanol–water partition coefficient (Wildman–Crippen LogP) is 4.46. The van der Waals surface area contributed by atoms with Crippen molar-refractivity contribution in [1.82, 2.24) is 9.71 Å². The Hall–Kier alpha value is -2.94. The molecule has 0 saturated heterocycles. The second-order valence-electron chi connectivity index (χ2n) is 6.56. The largest absolute Gasteiger partial charge is 0.322 e. The maximum atomic E-state index is 12.5. The van der Waals surface area contributed by atoms with Crippen LogP contribution in [0.15, 0.2) is 66.9 Å². The molecule has 160 valence electrons. The van der Waals surface area contributed by atoms with Crippen LogP contribution in [-0.2, 0) is 10.0 Å². The average molecular weight is 478 g/mol. The van der Waals surface area contributed by atoms with Crippen molar-refractivity contribution in [2.45, 2.75) is 12.2 Å². The molecule has 0 radical (unpaired) electrons. The van der Waals surface area contributed by atoms with Gasteiger partial charge >= 0.3 is 0 Å². The van der Waals surface area contributed by atoms with Crippen LogP contribution in [0, 0.1) is 0 Å². The van der Waals surface area contributed by atoms with Gasteiger partial charge in [0, 0.05) is 33.1 Å². The van der Waals surface area contributed by atoms with E-state index in [1.165, 1.54) is 55.6 Å². The summed E-state index contributed by atoms with van der Waals surface area (Å²) in [6.07, 6.45) is 1.48. The van der Waals surface area contributed by atoms with Crippen LogP contribution in [0.1, 0.15) is 38.6 Å². The smallest absolute Gasteiger partial charge is 0.264 e. The highest BCUT2D eigenvalue weighted by molar-refractivity contribution is 7.90. The van der Waals surface area contributed by atoms with E-state index in [4.69, 9.17) is 23.2 Å². The molecule has 0 fully saturated rings. The Morgan fingerprint density at radius 3 is 2.13 bits per heavy atom. The molecule has 1 aromatic heterocycles. The molecule has 1 heterocycles. The third-order valence-corrected chi connectivity index (χ3v) is 6.41. The van der Waals surface area contributed by atoms with E-state index in [2.05, 4.69) is 10.3 Å². The van der Waals surface area contributed by atoms with Gasteiger partial charge in [0.15, 0.2) is 0 Å². The van der Waals surface area contributed by atoms with Crippen LogP contribution < -0.4 is 10.0 Å². The fraction of sp³-hybridized carbons (Fsp3) is 0.0952. The molecule has 10 heteroatoms. The summed E-state index contributed by atoms with van der Waals surface area (Å²) in [5, 5.41) is 2.29. The van der Waals surface area contributed by atoms with E-state index in [9.17, 15) is 18.0 Å². The van der Waals surface area contributed by atoms with Crippen molar-refractivity contribution >= 4 is 50.7 Å². The number of hydrogen-bond acceptors (Lipinski definition) is 5. The Bertz CT molecular complexity index is 1200. The number of aromatic nitrogens is 1. The number of carbonyl (C=O) groups excluding carboxylic acids is 2. The second-order valence-corrected chi connectivity index (χ2v) is 9.44. The molecule has 2 N–H and O–H groups in total. The zero-order chi connectivity index (χ0) is 22.6. The summed E-state index contributed by atoms with van der Waals surface area (Å²) < 4.78 is 27.0. The van der Waals surface area contributed by atoms with Gasteiger partial charge in [-0.2, -0.15) is 0 Å². The number of rotatable bonds is 6. The van der Waals surface area contributed by atoms with Crippen LogP contribution in [0.4, 0.5) is 5.69 Å². The first kappa shape index (κ1) is 22.7. The first-order chi connectivity index (χ1) is 14.7. The molecule has 0 spiro atoms. The van der Waals surface area contributed by atoms with Crippen molar-refractivity contribution in [3.05, 3.63) is 93.7 Å². The standard InChI is InChI=1S/C21H17Cl2N3O4S/c1-13(19-4-2-3-9-24-19)31(29,30)26-21(28)14-5-7-18(8-6-14)25-20(27)15-10-16(22)12-17(23)11-15/h2-13H,1H3,(H,25,27)(H,26,28). The summed E-state index contributed by atoms with van der Waals surface area (Å²) in [6.45, 7) is 1.44. The molecular weight excluding hydrogens is 461 g/mol. The van der Waals surface area contributed by atoms with E-state index in [1.54, 1.807) is 18.2 Å². The second kappa shape index (κ2) is 9.47. The molecule has 7 nitrogen and oxygen atoms in total. The first-order valence-electron chi connectivity index (χ1n) is 9.00. The van der Waals surface area contributed by atoms with Crippen molar-refractivity contribution < 1.29 is 18.0 Å². The molecule has 3 rings (SSSR count). The fourth-order valence-corrected chi connectivity index (χ4v) is 4.18. The Kier molecular flexibility index (Phi) is 6.94. The highest BCUT2D eigenvalue weighted by Gasteiger charge is 2.26. The zero-order valence-corrected chi connectivity index (χ0v) is 18.5. The number of nitrogens with one attached hydrogen (secondary N) is 2. The molecule has 1 unspecified atom stereocenters. The van der Waals surface area contributed by atoms with E-state index < -0.39 is 27.1 Å². The number of nitrogens with zero attached hydrogens (tertiary/aromatic N) is 1. The Morgan fingerprint density at radius 2 is 1.55 bits per heavy atom. The summed E-state index contributed by atoms with van der Waals surface area (Å²) in [4.78, 5) is 28.8. The monoisotopic (exact) mass is 477 g/mol. The number of sulfonamides is 1. The SMILES string of the molecule is CC(c1ccccn1)S(=O)(=O)NC(=O)c1ccc(NC(=O)c2cc(Cl)cc(Cl)c2)cc1. The van der Waals surface area contributed by atoms with Crippen LogP contribution in [0.25, 0.3) is 0 Å². The minimum atomic E-state index is -3.99. The topological polar surface area (TPSA) is 105 Å². The number of hydrogen-bond donors (Lipinski definition) is 2. The highest BCUT2D eigenvalue weighted by Crippen LogP contribution is 2.21. The van der Waals surface area contributed by atoms with Crippen LogP contribution in [0.2, 0.25) is 10.0 Å². The van der Waals surface area contributed by atoms with E-state index in [1.807, 2.05) is 4.72 Å². The lowest BCUT2D eigenvalue weighted by Gasteiger charge is -2.13. The number of halogens is 2.